The molecule has 1 aromatic carbocycles. The van der Waals surface area contributed by atoms with Crippen LogP contribution in [0.3, 0.4) is 0 Å². The molecule has 134 valence electrons. The van der Waals surface area contributed by atoms with Crippen LogP contribution in [0.2, 0.25) is 0 Å². The van der Waals surface area contributed by atoms with Gasteiger partial charge in [0, 0.05) is 6.42 Å². The number of amides is 1. The largest absolute Gasteiger partial charge is 0.494 e. The Morgan fingerprint density at radius 3 is 2.62 bits per heavy atom. The zero-order valence-corrected chi connectivity index (χ0v) is 14.4. The van der Waals surface area contributed by atoms with Crippen molar-refractivity contribution in [3.05, 3.63) is 29.6 Å². The lowest BCUT2D eigenvalue weighted by molar-refractivity contribution is 0.0199. The highest BCUT2D eigenvalue weighted by atomic mass is 19.1. The van der Waals surface area contributed by atoms with Gasteiger partial charge < -0.3 is 20.1 Å². The molecular formula is C17H24F2N2O3. The molecule has 24 heavy (non-hydrogen) atoms. The van der Waals surface area contributed by atoms with Crippen molar-refractivity contribution >= 4 is 6.09 Å². The number of hydrogen-bond acceptors (Lipinski definition) is 4. The summed E-state index contributed by atoms with van der Waals surface area (Å²) in [5, 5.41) is 0. The molecule has 0 spiro atoms. The molecule has 2 rings (SSSR count). The molecule has 1 amide bonds. The summed E-state index contributed by atoms with van der Waals surface area (Å²) in [5.74, 6) is -0.450. The predicted octanol–water partition coefficient (Wildman–Crippen LogP) is 3.18. The number of ether oxygens (including phenoxy) is 2. The summed E-state index contributed by atoms with van der Waals surface area (Å²) < 4.78 is 38.0. The van der Waals surface area contributed by atoms with Gasteiger partial charge in [0.1, 0.15) is 11.8 Å². The average Bonchev–Trinajstić information content (AvgIpc) is 2.86. The third-order valence-electron chi connectivity index (χ3n) is 3.90. The number of benzene rings is 1. The van der Waals surface area contributed by atoms with Crippen LogP contribution in [0.5, 0.6) is 5.75 Å². The van der Waals surface area contributed by atoms with Crippen molar-refractivity contribution in [3.63, 3.8) is 0 Å². The highest BCUT2D eigenvalue weighted by Gasteiger charge is 2.41. The first kappa shape index (κ1) is 18.4. The normalized spacial score (nSPS) is 22.4. The Balaban J connectivity index is 2.21. The number of rotatable bonds is 3. The fraction of sp³-hybridized carbons (Fsp3) is 0.588. The van der Waals surface area contributed by atoms with E-state index in [-0.39, 0.29) is 18.7 Å². The lowest BCUT2D eigenvalue weighted by Gasteiger charge is -2.31. The molecule has 0 radical (unpaired) electrons. The van der Waals surface area contributed by atoms with Gasteiger partial charge in [0.25, 0.3) is 0 Å². The van der Waals surface area contributed by atoms with Gasteiger partial charge in [-0.25, -0.2) is 13.6 Å². The molecule has 1 fully saturated rings. The number of likely N-dealkylation sites (tertiary alicyclic amines) is 1. The average molecular weight is 342 g/mol. The fourth-order valence-corrected chi connectivity index (χ4v) is 2.80. The van der Waals surface area contributed by atoms with E-state index in [2.05, 4.69) is 0 Å². The number of nitrogens with zero attached hydrogens (tertiary/aromatic N) is 1. The first-order valence-corrected chi connectivity index (χ1v) is 7.85. The molecule has 0 bridgehead atoms. The second-order valence-corrected chi connectivity index (χ2v) is 6.95. The van der Waals surface area contributed by atoms with Crippen LogP contribution in [-0.4, -0.2) is 42.5 Å². The molecule has 0 aliphatic carbocycles. The van der Waals surface area contributed by atoms with E-state index in [1.807, 2.05) is 0 Å². The van der Waals surface area contributed by atoms with Gasteiger partial charge in [-0.3, -0.25) is 0 Å². The van der Waals surface area contributed by atoms with E-state index in [1.165, 1.54) is 24.1 Å². The van der Waals surface area contributed by atoms with E-state index >= 15 is 0 Å². The fourth-order valence-electron chi connectivity index (χ4n) is 2.80. The smallest absolute Gasteiger partial charge is 0.410 e. The minimum atomic E-state index is -1.18. The van der Waals surface area contributed by atoms with Gasteiger partial charge in [0.05, 0.1) is 25.7 Å². The lowest BCUT2D eigenvalue weighted by atomic mass is 9.98. The number of carbonyl (C=O) groups is 1. The Labute approximate surface area is 140 Å². The van der Waals surface area contributed by atoms with Crippen molar-refractivity contribution in [2.45, 2.75) is 51.0 Å². The molecule has 1 saturated heterocycles. The minimum absolute atomic E-state index is 0.0775. The van der Waals surface area contributed by atoms with Crippen LogP contribution in [-0.2, 0) is 4.74 Å². The van der Waals surface area contributed by atoms with Crippen molar-refractivity contribution in [2.24, 2.45) is 5.73 Å². The van der Waals surface area contributed by atoms with Crippen LogP contribution in [0, 0.1) is 5.82 Å². The second-order valence-electron chi connectivity index (χ2n) is 6.95. The monoisotopic (exact) mass is 342 g/mol. The van der Waals surface area contributed by atoms with Crippen LogP contribution in [0.15, 0.2) is 18.2 Å². The molecule has 0 aromatic heterocycles. The SMILES string of the molecule is COc1ccc([C@H](N)C2CC(F)CN2C(=O)OC(C)(C)C)cc1F. The third-order valence-corrected chi connectivity index (χ3v) is 3.90. The Hall–Kier alpha value is -1.89. The summed E-state index contributed by atoms with van der Waals surface area (Å²) in [6, 6.07) is 3.01. The summed E-state index contributed by atoms with van der Waals surface area (Å²) >= 11 is 0. The van der Waals surface area contributed by atoms with Crippen molar-refractivity contribution in [2.75, 3.05) is 13.7 Å². The molecule has 2 N–H and O–H groups in total. The molecule has 1 aliphatic heterocycles. The minimum Gasteiger partial charge on any atom is -0.494 e. The number of methoxy groups -OCH3 is 1. The van der Waals surface area contributed by atoms with Gasteiger partial charge in [-0.1, -0.05) is 6.07 Å². The summed E-state index contributed by atoms with van der Waals surface area (Å²) in [4.78, 5) is 13.6. The van der Waals surface area contributed by atoms with Crippen LogP contribution in [0.1, 0.15) is 38.8 Å². The van der Waals surface area contributed by atoms with Crippen molar-refractivity contribution in [1.82, 2.24) is 4.90 Å². The topological polar surface area (TPSA) is 64.8 Å². The molecule has 1 heterocycles. The maximum Gasteiger partial charge on any atom is 0.410 e. The predicted molar refractivity (Wildman–Crippen MR) is 86.1 cm³/mol. The second kappa shape index (κ2) is 6.93. The lowest BCUT2D eigenvalue weighted by Crippen LogP contribution is -2.44. The van der Waals surface area contributed by atoms with Crippen molar-refractivity contribution in [1.29, 1.82) is 0 Å². The molecular weight excluding hydrogens is 318 g/mol. The first-order valence-electron chi connectivity index (χ1n) is 7.85. The molecule has 3 atom stereocenters. The van der Waals surface area contributed by atoms with E-state index in [1.54, 1.807) is 26.8 Å². The molecule has 1 aromatic rings. The van der Waals surface area contributed by atoms with E-state index in [4.69, 9.17) is 15.2 Å². The van der Waals surface area contributed by atoms with Crippen molar-refractivity contribution < 1.29 is 23.0 Å². The summed E-state index contributed by atoms with van der Waals surface area (Å²) in [5.41, 5.74) is 5.98. The zero-order valence-electron chi connectivity index (χ0n) is 14.4. The quantitative estimate of drug-likeness (QED) is 0.916. The molecule has 0 saturated carbocycles. The van der Waals surface area contributed by atoms with Crippen LogP contribution >= 0.6 is 0 Å². The standard InChI is InChI=1S/C17H24F2N2O3/c1-17(2,3)24-16(22)21-9-11(18)8-13(21)15(20)10-5-6-14(23-4)12(19)7-10/h5-7,11,13,15H,8-9,20H2,1-4H3/t11?,13?,15-/m0/s1. The van der Waals surface area contributed by atoms with Crippen LogP contribution in [0.25, 0.3) is 0 Å². The molecule has 7 heteroatoms. The number of nitrogens with two attached hydrogens (primary N) is 1. The number of halogens is 2. The third kappa shape index (κ3) is 4.14. The van der Waals surface area contributed by atoms with E-state index < -0.39 is 35.8 Å². The molecule has 2 unspecified atom stereocenters. The number of alkyl halides is 1. The van der Waals surface area contributed by atoms with Gasteiger partial charge in [0.2, 0.25) is 0 Å². The van der Waals surface area contributed by atoms with Gasteiger partial charge in [0.15, 0.2) is 11.6 Å². The highest BCUT2D eigenvalue weighted by molar-refractivity contribution is 5.69. The van der Waals surface area contributed by atoms with E-state index in [0.29, 0.717) is 5.56 Å². The zero-order chi connectivity index (χ0) is 18.1. The number of hydrogen-bond donors (Lipinski definition) is 1. The molecule has 1 aliphatic rings. The number of carbonyl (C=O) groups excluding carboxylic acids is 1. The van der Waals surface area contributed by atoms with Gasteiger partial charge in [-0.05, 0) is 38.5 Å². The first-order chi connectivity index (χ1) is 11.1. The highest BCUT2D eigenvalue weighted by Crippen LogP contribution is 2.32. The Morgan fingerprint density at radius 2 is 2.08 bits per heavy atom. The Morgan fingerprint density at radius 1 is 1.42 bits per heavy atom. The summed E-state index contributed by atoms with van der Waals surface area (Å²) in [6.45, 7) is 5.14. The van der Waals surface area contributed by atoms with Gasteiger partial charge >= 0.3 is 6.09 Å². The maximum absolute atomic E-state index is 13.9. The van der Waals surface area contributed by atoms with Crippen LogP contribution < -0.4 is 10.5 Å². The van der Waals surface area contributed by atoms with E-state index in [9.17, 15) is 13.6 Å². The van der Waals surface area contributed by atoms with Gasteiger partial charge in [-0.15, -0.1) is 0 Å². The maximum atomic E-state index is 13.9. The summed E-state index contributed by atoms with van der Waals surface area (Å²) in [6.07, 6.45) is -1.71. The Kier molecular flexibility index (Phi) is 5.32. The molecule has 5 nitrogen and oxygen atoms in total. The Bertz CT molecular complexity index is 604. The van der Waals surface area contributed by atoms with Gasteiger partial charge in [-0.2, -0.15) is 0 Å². The van der Waals surface area contributed by atoms with E-state index in [0.717, 1.165) is 0 Å². The summed E-state index contributed by atoms with van der Waals surface area (Å²) in [7, 11) is 1.37. The van der Waals surface area contributed by atoms with Crippen LogP contribution in [0.4, 0.5) is 13.6 Å². The van der Waals surface area contributed by atoms with Crippen molar-refractivity contribution in [3.8, 4) is 5.75 Å².